The van der Waals surface area contributed by atoms with Crippen LogP contribution in [-0.2, 0) is 4.79 Å². The van der Waals surface area contributed by atoms with Crippen LogP contribution >= 0.6 is 0 Å². The van der Waals surface area contributed by atoms with Crippen LogP contribution in [-0.4, -0.2) is 15.6 Å². The predicted octanol–water partition coefficient (Wildman–Crippen LogP) is 0.877. The van der Waals surface area contributed by atoms with Crippen molar-refractivity contribution in [1.82, 2.24) is 9.66 Å². The topological polar surface area (TPSA) is 64.0 Å². The van der Waals surface area contributed by atoms with E-state index in [-0.39, 0.29) is 11.5 Å². The molecule has 0 spiro atoms. The number of carbonyl (C=O) groups is 1. The molecule has 16 heavy (non-hydrogen) atoms. The molecule has 0 saturated carbocycles. The second kappa shape index (κ2) is 4.14. The van der Waals surface area contributed by atoms with E-state index in [9.17, 15) is 9.59 Å². The Balaban J connectivity index is 2.53. The van der Waals surface area contributed by atoms with E-state index < -0.39 is 0 Å². The molecular formula is C11H11N3O2. The minimum absolute atomic E-state index is 0.223. The second-order valence-corrected chi connectivity index (χ2v) is 3.33. The molecule has 1 N–H and O–H groups in total. The summed E-state index contributed by atoms with van der Waals surface area (Å²) in [5.41, 5.74) is 2.80. The Morgan fingerprint density at radius 3 is 2.94 bits per heavy atom. The quantitative estimate of drug-likeness (QED) is 0.812. The van der Waals surface area contributed by atoms with Crippen LogP contribution in [0.2, 0.25) is 0 Å². The van der Waals surface area contributed by atoms with E-state index in [2.05, 4.69) is 10.4 Å². The molecule has 1 amide bonds. The van der Waals surface area contributed by atoms with Crippen LogP contribution in [0, 0.1) is 0 Å². The van der Waals surface area contributed by atoms with Crippen molar-refractivity contribution in [3.63, 3.8) is 0 Å². The Labute approximate surface area is 91.7 Å². The normalized spacial score (nSPS) is 10.3. The molecule has 2 aromatic rings. The average molecular weight is 217 g/mol. The lowest BCUT2D eigenvalue weighted by Crippen LogP contribution is -2.32. The lowest BCUT2D eigenvalue weighted by atomic mass is 10.2. The number of nitrogens with one attached hydrogen (secondary N) is 1. The Kier molecular flexibility index (Phi) is 2.68. The number of benzene rings is 1. The summed E-state index contributed by atoms with van der Waals surface area (Å²) in [6, 6.07) is 7.00. The van der Waals surface area contributed by atoms with Gasteiger partial charge in [-0.05, 0) is 12.1 Å². The maximum atomic E-state index is 11.9. The zero-order chi connectivity index (χ0) is 11.5. The van der Waals surface area contributed by atoms with Gasteiger partial charge in [-0.2, -0.15) is 0 Å². The molecule has 0 radical (unpaired) electrons. The summed E-state index contributed by atoms with van der Waals surface area (Å²) in [4.78, 5) is 27.1. The molecule has 1 aromatic heterocycles. The molecule has 1 aromatic carbocycles. The number of carbonyl (C=O) groups excluding carboxylic acids is 1. The van der Waals surface area contributed by atoms with Crippen LogP contribution < -0.4 is 11.0 Å². The van der Waals surface area contributed by atoms with Gasteiger partial charge in [-0.3, -0.25) is 15.0 Å². The SMILES string of the molecule is CCC(=O)Nn1cnc2ccccc2c1=O. The van der Waals surface area contributed by atoms with Gasteiger partial charge in [0.05, 0.1) is 10.9 Å². The third kappa shape index (κ3) is 1.79. The van der Waals surface area contributed by atoms with Gasteiger partial charge < -0.3 is 0 Å². The summed E-state index contributed by atoms with van der Waals surface area (Å²) in [5.74, 6) is -0.223. The summed E-state index contributed by atoms with van der Waals surface area (Å²) >= 11 is 0. The zero-order valence-electron chi connectivity index (χ0n) is 8.80. The largest absolute Gasteiger partial charge is 0.280 e. The van der Waals surface area contributed by atoms with E-state index in [1.807, 2.05) is 6.07 Å². The van der Waals surface area contributed by atoms with Gasteiger partial charge in [-0.15, -0.1) is 0 Å². The van der Waals surface area contributed by atoms with Crippen molar-refractivity contribution in [2.75, 3.05) is 5.43 Å². The van der Waals surface area contributed by atoms with Gasteiger partial charge in [0.1, 0.15) is 6.33 Å². The van der Waals surface area contributed by atoms with Gasteiger partial charge in [-0.1, -0.05) is 19.1 Å². The van der Waals surface area contributed by atoms with Crippen molar-refractivity contribution in [2.45, 2.75) is 13.3 Å². The number of para-hydroxylation sites is 1. The number of nitrogens with zero attached hydrogens (tertiary/aromatic N) is 2. The maximum absolute atomic E-state index is 11.9. The molecule has 0 fully saturated rings. The van der Waals surface area contributed by atoms with Crippen molar-refractivity contribution in [1.29, 1.82) is 0 Å². The molecule has 0 aliphatic carbocycles. The van der Waals surface area contributed by atoms with E-state index in [0.29, 0.717) is 17.3 Å². The minimum Gasteiger partial charge on any atom is -0.273 e. The first-order valence-electron chi connectivity index (χ1n) is 4.98. The van der Waals surface area contributed by atoms with E-state index in [1.165, 1.54) is 6.33 Å². The van der Waals surface area contributed by atoms with Crippen molar-refractivity contribution in [2.24, 2.45) is 0 Å². The van der Waals surface area contributed by atoms with Gasteiger partial charge in [0.25, 0.3) is 5.56 Å². The molecule has 2 rings (SSSR count). The molecule has 82 valence electrons. The first-order valence-corrected chi connectivity index (χ1v) is 4.98. The summed E-state index contributed by atoms with van der Waals surface area (Å²) in [5, 5.41) is 0.487. The molecule has 0 aliphatic heterocycles. The Hall–Kier alpha value is -2.17. The highest BCUT2D eigenvalue weighted by Gasteiger charge is 2.04. The fourth-order valence-corrected chi connectivity index (χ4v) is 1.36. The molecule has 0 unspecified atom stereocenters. The lowest BCUT2D eigenvalue weighted by molar-refractivity contribution is -0.116. The molecule has 5 nitrogen and oxygen atoms in total. The molecule has 0 aliphatic rings. The first-order chi connectivity index (χ1) is 7.72. The number of fused-ring (bicyclic) bond motifs is 1. The molecule has 1 heterocycles. The van der Waals surface area contributed by atoms with Crippen molar-refractivity contribution >= 4 is 16.8 Å². The molecule has 0 atom stereocenters. The number of amides is 1. The van der Waals surface area contributed by atoms with Gasteiger partial charge in [0.15, 0.2) is 0 Å². The molecule has 0 saturated heterocycles. The number of hydrogen-bond acceptors (Lipinski definition) is 3. The van der Waals surface area contributed by atoms with Crippen molar-refractivity contribution < 1.29 is 4.79 Å². The smallest absolute Gasteiger partial charge is 0.273 e. The van der Waals surface area contributed by atoms with E-state index in [0.717, 1.165) is 4.68 Å². The fourth-order valence-electron chi connectivity index (χ4n) is 1.36. The van der Waals surface area contributed by atoms with Crippen LogP contribution in [0.1, 0.15) is 13.3 Å². The Morgan fingerprint density at radius 2 is 2.19 bits per heavy atom. The van der Waals surface area contributed by atoms with Crippen LogP contribution in [0.5, 0.6) is 0 Å². The summed E-state index contributed by atoms with van der Waals surface area (Å²) in [7, 11) is 0. The fraction of sp³-hybridized carbons (Fsp3) is 0.182. The second-order valence-electron chi connectivity index (χ2n) is 3.33. The molecule has 5 heteroatoms. The van der Waals surface area contributed by atoms with Crippen molar-refractivity contribution in [3.8, 4) is 0 Å². The van der Waals surface area contributed by atoms with E-state index in [1.54, 1.807) is 25.1 Å². The lowest BCUT2D eigenvalue weighted by Gasteiger charge is -2.06. The van der Waals surface area contributed by atoms with Gasteiger partial charge in [-0.25, -0.2) is 9.66 Å². The standard InChI is InChI=1S/C11H11N3O2/c1-2-10(15)13-14-7-12-9-6-4-3-5-8(9)11(14)16/h3-7H,2H2,1H3,(H,13,15). The van der Waals surface area contributed by atoms with Crippen LogP contribution in [0.3, 0.4) is 0 Å². The Morgan fingerprint density at radius 1 is 1.44 bits per heavy atom. The molecular weight excluding hydrogens is 206 g/mol. The highest BCUT2D eigenvalue weighted by molar-refractivity contribution is 5.84. The van der Waals surface area contributed by atoms with Crippen molar-refractivity contribution in [3.05, 3.63) is 40.9 Å². The predicted molar refractivity (Wildman–Crippen MR) is 60.7 cm³/mol. The van der Waals surface area contributed by atoms with Gasteiger partial charge in [0, 0.05) is 6.42 Å². The number of hydrogen-bond donors (Lipinski definition) is 1. The zero-order valence-corrected chi connectivity index (χ0v) is 8.80. The third-order valence-corrected chi connectivity index (χ3v) is 2.23. The van der Waals surface area contributed by atoms with E-state index >= 15 is 0 Å². The average Bonchev–Trinajstić information content (AvgIpc) is 2.33. The maximum Gasteiger partial charge on any atom is 0.280 e. The van der Waals surface area contributed by atoms with Crippen LogP contribution in [0.25, 0.3) is 10.9 Å². The van der Waals surface area contributed by atoms with E-state index in [4.69, 9.17) is 0 Å². The monoisotopic (exact) mass is 217 g/mol. The van der Waals surface area contributed by atoms with Crippen LogP contribution in [0.15, 0.2) is 35.4 Å². The minimum atomic E-state index is -0.271. The highest BCUT2D eigenvalue weighted by atomic mass is 16.2. The highest BCUT2D eigenvalue weighted by Crippen LogP contribution is 2.03. The summed E-state index contributed by atoms with van der Waals surface area (Å²) in [6.07, 6.45) is 1.64. The first kappa shape index (κ1) is 10.4. The summed E-state index contributed by atoms with van der Waals surface area (Å²) < 4.78 is 1.11. The van der Waals surface area contributed by atoms with Crippen LogP contribution in [0.4, 0.5) is 0 Å². The van der Waals surface area contributed by atoms with Gasteiger partial charge in [0.2, 0.25) is 5.91 Å². The number of rotatable bonds is 2. The Bertz CT molecular complexity index is 589. The summed E-state index contributed by atoms with van der Waals surface area (Å²) in [6.45, 7) is 1.72. The number of aromatic nitrogens is 2. The third-order valence-electron chi connectivity index (χ3n) is 2.23. The van der Waals surface area contributed by atoms with Gasteiger partial charge >= 0.3 is 0 Å². The molecule has 0 bridgehead atoms.